The Bertz CT molecular complexity index is 1020. The number of benzene rings is 2. The summed E-state index contributed by atoms with van der Waals surface area (Å²) in [6.45, 7) is 3.98. The fraction of sp³-hybridized carbons (Fsp3) is 0.304. The van der Waals surface area contributed by atoms with Crippen molar-refractivity contribution in [2.24, 2.45) is 0 Å². The number of hydrogen-bond acceptors (Lipinski definition) is 5. The number of carbonyl (C=O) groups is 1. The van der Waals surface area contributed by atoms with Gasteiger partial charge in [-0.2, -0.15) is 0 Å². The van der Waals surface area contributed by atoms with Gasteiger partial charge in [-0.25, -0.2) is 9.59 Å². The molecule has 1 atom stereocenters. The van der Waals surface area contributed by atoms with E-state index >= 15 is 0 Å². The summed E-state index contributed by atoms with van der Waals surface area (Å²) in [5.74, 6) is 0.0115. The largest absolute Gasteiger partial charge is 0.473 e. The van der Waals surface area contributed by atoms with E-state index in [1.54, 1.807) is 0 Å². The summed E-state index contributed by atoms with van der Waals surface area (Å²) in [4.78, 5) is 24.4. The van der Waals surface area contributed by atoms with Crippen molar-refractivity contribution in [2.45, 2.75) is 39.2 Å². The maximum absolute atomic E-state index is 12.4. The van der Waals surface area contributed by atoms with E-state index < -0.39 is 12.1 Å². The smallest absolute Gasteiger partial charge is 0.351 e. The lowest BCUT2D eigenvalue weighted by molar-refractivity contribution is -0.149. The highest BCUT2D eigenvalue weighted by Gasteiger charge is 2.25. The minimum Gasteiger partial charge on any atom is -0.473 e. The molecule has 3 aromatic rings. The number of aryl methyl sites for hydroxylation is 2. The third-order valence-electron chi connectivity index (χ3n) is 4.60. The van der Waals surface area contributed by atoms with Gasteiger partial charge in [0.25, 0.3) is 0 Å². The minimum absolute atomic E-state index is 0.386. The van der Waals surface area contributed by atoms with Gasteiger partial charge in [0.1, 0.15) is 11.3 Å². The maximum atomic E-state index is 12.4. The number of carbonyl (C=O) groups excluding carboxylic acids is 1. The lowest BCUT2D eigenvalue weighted by atomic mass is 10.0. The van der Waals surface area contributed by atoms with E-state index in [1.165, 1.54) is 13.2 Å². The van der Waals surface area contributed by atoms with Gasteiger partial charge in [0, 0.05) is 11.6 Å². The molecule has 0 bridgehead atoms. The van der Waals surface area contributed by atoms with Crippen molar-refractivity contribution in [1.29, 1.82) is 0 Å². The average molecular weight is 380 g/mol. The van der Waals surface area contributed by atoms with Gasteiger partial charge in [-0.15, -0.1) is 0 Å². The molecule has 146 valence electrons. The van der Waals surface area contributed by atoms with Gasteiger partial charge in [0.15, 0.2) is 0 Å². The van der Waals surface area contributed by atoms with Gasteiger partial charge in [-0.3, -0.25) is 0 Å². The van der Waals surface area contributed by atoms with Crippen molar-refractivity contribution in [1.82, 2.24) is 0 Å². The van der Waals surface area contributed by atoms with Gasteiger partial charge < -0.3 is 13.9 Å². The van der Waals surface area contributed by atoms with Crippen LogP contribution in [0.2, 0.25) is 0 Å². The fourth-order valence-electron chi connectivity index (χ4n) is 3.24. The second-order valence-electron chi connectivity index (χ2n) is 6.76. The van der Waals surface area contributed by atoms with Crippen LogP contribution < -0.4 is 10.4 Å². The molecule has 0 N–H and O–H groups in total. The first-order valence-electron chi connectivity index (χ1n) is 9.40. The molecule has 1 aromatic heterocycles. The van der Waals surface area contributed by atoms with Crippen LogP contribution in [0.5, 0.6) is 5.75 Å². The SMILES string of the molecule is CCCCc1cc(=O)oc2cc(C)cc(O[C@H](C(=O)OC)c3ccccc3)c12. The highest BCUT2D eigenvalue weighted by Crippen LogP contribution is 2.34. The van der Waals surface area contributed by atoms with Crippen molar-refractivity contribution in [3.63, 3.8) is 0 Å². The second-order valence-corrected chi connectivity index (χ2v) is 6.76. The van der Waals surface area contributed by atoms with Crippen LogP contribution in [0.15, 0.2) is 57.7 Å². The number of fused-ring (bicyclic) bond motifs is 1. The van der Waals surface area contributed by atoms with Crippen LogP contribution in [0.3, 0.4) is 0 Å². The second kappa shape index (κ2) is 8.74. The normalized spacial score (nSPS) is 12.0. The topological polar surface area (TPSA) is 65.7 Å². The highest BCUT2D eigenvalue weighted by molar-refractivity contribution is 5.88. The zero-order chi connectivity index (χ0) is 20.1. The minimum atomic E-state index is -0.915. The summed E-state index contributed by atoms with van der Waals surface area (Å²) in [5.41, 5.74) is 2.50. The molecule has 1 heterocycles. The van der Waals surface area contributed by atoms with E-state index in [9.17, 15) is 9.59 Å². The Hall–Kier alpha value is -3.08. The van der Waals surface area contributed by atoms with Gasteiger partial charge in [-0.05, 0) is 43.0 Å². The molecule has 0 aliphatic carbocycles. The zero-order valence-electron chi connectivity index (χ0n) is 16.4. The fourth-order valence-corrected chi connectivity index (χ4v) is 3.24. The molecule has 0 spiro atoms. The standard InChI is InChI=1S/C23H24O5/c1-4-5-9-17-14-20(24)27-18-12-15(2)13-19(21(17)18)28-22(23(25)26-3)16-10-7-6-8-11-16/h6-8,10-14,22H,4-5,9H2,1-3H3/t22-/m0/s1. The molecular weight excluding hydrogens is 356 g/mol. The molecular formula is C23H24O5. The summed E-state index contributed by atoms with van der Waals surface area (Å²) in [6, 6.07) is 14.4. The number of unbranched alkanes of at least 4 members (excludes halogenated alkanes) is 1. The van der Waals surface area contributed by atoms with Crippen LogP contribution in [0, 0.1) is 6.92 Å². The molecule has 0 fully saturated rings. The van der Waals surface area contributed by atoms with E-state index in [0.29, 0.717) is 16.9 Å². The lowest BCUT2D eigenvalue weighted by Crippen LogP contribution is -2.20. The number of hydrogen-bond donors (Lipinski definition) is 0. The molecule has 5 nitrogen and oxygen atoms in total. The Balaban J connectivity index is 2.15. The molecule has 2 aromatic carbocycles. The van der Waals surface area contributed by atoms with Crippen molar-refractivity contribution in [2.75, 3.05) is 7.11 Å². The van der Waals surface area contributed by atoms with Gasteiger partial charge in [0.2, 0.25) is 6.10 Å². The number of ether oxygens (including phenoxy) is 2. The van der Waals surface area contributed by atoms with Crippen molar-refractivity contribution in [3.05, 3.63) is 75.6 Å². The Kier molecular flexibility index (Phi) is 6.14. The summed E-state index contributed by atoms with van der Waals surface area (Å²) >= 11 is 0. The van der Waals surface area contributed by atoms with Crippen molar-refractivity contribution in [3.8, 4) is 5.75 Å². The van der Waals surface area contributed by atoms with Crippen LogP contribution in [0.1, 0.15) is 42.6 Å². The Morgan fingerprint density at radius 1 is 1.14 bits per heavy atom. The van der Waals surface area contributed by atoms with Crippen LogP contribution in [0.25, 0.3) is 11.0 Å². The molecule has 28 heavy (non-hydrogen) atoms. The quantitative estimate of drug-likeness (QED) is 0.438. The molecule has 0 aliphatic heterocycles. The van der Waals surface area contributed by atoms with Gasteiger partial charge >= 0.3 is 11.6 Å². The van der Waals surface area contributed by atoms with E-state index in [1.807, 2.05) is 49.4 Å². The van der Waals surface area contributed by atoms with Crippen LogP contribution >= 0.6 is 0 Å². The maximum Gasteiger partial charge on any atom is 0.351 e. The molecule has 0 amide bonds. The average Bonchev–Trinajstić information content (AvgIpc) is 2.69. The van der Waals surface area contributed by atoms with Crippen LogP contribution in [-0.4, -0.2) is 13.1 Å². The molecule has 3 rings (SSSR count). The summed E-state index contributed by atoms with van der Waals surface area (Å²) < 4.78 is 16.6. The predicted octanol–water partition coefficient (Wildman–Crippen LogP) is 4.74. The van der Waals surface area contributed by atoms with Crippen LogP contribution in [0.4, 0.5) is 0 Å². The monoisotopic (exact) mass is 380 g/mol. The van der Waals surface area contributed by atoms with Crippen LogP contribution in [-0.2, 0) is 16.0 Å². The first kappa shape index (κ1) is 19.7. The summed E-state index contributed by atoms with van der Waals surface area (Å²) in [5, 5.41) is 0.725. The third kappa shape index (κ3) is 4.25. The number of rotatable bonds is 7. The Morgan fingerprint density at radius 3 is 2.57 bits per heavy atom. The molecule has 0 saturated carbocycles. The van der Waals surface area contributed by atoms with Gasteiger partial charge in [-0.1, -0.05) is 43.7 Å². The van der Waals surface area contributed by atoms with E-state index in [0.717, 1.165) is 35.8 Å². The van der Waals surface area contributed by atoms with Crippen molar-refractivity contribution < 1.29 is 18.7 Å². The van der Waals surface area contributed by atoms with E-state index in [4.69, 9.17) is 13.9 Å². The Labute approximate surface area is 163 Å². The third-order valence-corrected chi connectivity index (χ3v) is 4.60. The predicted molar refractivity (Wildman–Crippen MR) is 108 cm³/mol. The van der Waals surface area contributed by atoms with E-state index in [2.05, 4.69) is 6.92 Å². The molecule has 0 unspecified atom stereocenters. The Morgan fingerprint density at radius 2 is 1.89 bits per heavy atom. The molecule has 0 saturated heterocycles. The summed E-state index contributed by atoms with van der Waals surface area (Å²) in [6.07, 6.45) is 1.75. The van der Waals surface area contributed by atoms with Gasteiger partial charge in [0.05, 0.1) is 12.5 Å². The first-order chi connectivity index (χ1) is 13.5. The first-order valence-corrected chi connectivity index (χ1v) is 9.40. The summed E-state index contributed by atoms with van der Waals surface area (Å²) in [7, 11) is 1.34. The molecule has 0 aliphatic rings. The molecule has 5 heteroatoms. The number of methoxy groups -OCH3 is 1. The lowest BCUT2D eigenvalue weighted by Gasteiger charge is -2.20. The molecule has 0 radical (unpaired) electrons. The van der Waals surface area contributed by atoms with Crippen molar-refractivity contribution >= 4 is 16.9 Å². The number of esters is 1. The highest BCUT2D eigenvalue weighted by atomic mass is 16.6. The zero-order valence-corrected chi connectivity index (χ0v) is 16.4. The van der Waals surface area contributed by atoms with E-state index in [-0.39, 0.29) is 5.63 Å².